The third kappa shape index (κ3) is 2.87. The van der Waals surface area contributed by atoms with Gasteiger partial charge in [0.1, 0.15) is 18.0 Å². The van der Waals surface area contributed by atoms with Gasteiger partial charge in [-0.15, -0.1) is 0 Å². The molecular weight excluding hydrogens is 212 g/mol. The Bertz CT molecular complexity index is 343. The number of anilines is 2. The number of aromatic nitrogens is 2. The van der Waals surface area contributed by atoms with Gasteiger partial charge in [0, 0.05) is 32.2 Å². The van der Waals surface area contributed by atoms with E-state index in [1.165, 1.54) is 19.3 Å². The monoisotopic (exact) mass is 234 g/mol. The first kappa shape index (κ1) is 12.1. The summed E-state index contributed by atoms with van der Waals surface area (Å²) >= 11 is 0. The quantitative estimate of drug-likeness (QED) is 0.800. The summed E-state index contributed by atoms with van der Waals surface area (Å²) in [4.78, 5) is 13.4. The van der Waals surface area contributed by atoms with Crippen molar-refractivity contribution in [3.8, 4) is 0 Å². The summed E-state index contributed by atoms with van der Waals surface area (Å²) in [5.41, 5.74) is 0. The number of hydrogen-bond acceptors (Lipinski definition) is 4. The molecule has 0 N–H and O–H groups in total. The van der Waals surface area contributed by atoms with Crippen molar-refractivity contribution in [1.29, 1.82) is 0 Å². The van der Waals surface area contributed by atoms with Crippen LogP contribution in [0.5, 0.6) is 0 Å². The number of hydrogen-bond donors (Lipinski definition) is 0. The van der Waals surface area contributed by atoms with Gasteiger partial charge < -0.3 is 9.80 Å². The van der Waals surface area contributed by atoms with Gasteiger partial charge in [0.15, 0.2) is 0 Å². The molecule has 0 atom stereocenters. The molecule has 0 unspecified atom stereocenters. The van der Waals surface area contributed by atoms with Crippen LogP contribution in [0, 0.1) is 0 Å². The van der Waals surface area contributed by atoms with Crippen LogP contribution in [0.15, 0.2) is 12.4 Å². The van der Waals surface area contributed by atoms with Crippen LogP contribution in [-0.2, 0) is 0 Å². The lowest BCUT2D eigenvalue weighted by molar-refractivity contribution is 0.573. The van der Waals surface area contributed by atoms with E-state index in [4.69, 9.17) is 0 Å². The average molecular weight is 234 g/mol. The van der Waals surface area contributed by atoms with E-state index in [2.05, 4.69) is 39.7 Å². The Morgan fingerprint density at radius 3 is 2.47 bits per heavy atom. The lowest BCUT2D eigenvalue weighted by Crippen LogP contribution is -2.31. The standard InChI is InChI=1S/C13H22N4/c1-3-16(4-2)12-10-13(15-11-14-12)17-8-6-5-7-9-17/h10-11H,3-9H2,1-2H3. The highest BCUT2D eigenvalue weighted by molar-refractivity contribution is 5.50. The zero-order chi connectivity index (χ0) is 12.1. The van der Waals surface area contributed by atoms with Crippen LogP contribution < -0.4 is 9.80 Å². The van der Waals surface area contributed by atoms with Crippen LogP contribution in [0.1, 0.15) is 33.1 Å². The molecule has 1 aromatic rings. The largest absolute Gasteiger partial charge is 0.357 e. The predicted molar refractivity (Wildman–Crippen MR) is 71.7 cm³/mol. The Balaban J connectivity index is 2.15. The van der Waals surface area contributed by atoms with E-state index >= 15 is 0 Å². The van der Waals surface area contributed by atoms with Gasteiger partial charge in [0.2, 0.25) is 0 Å². The second-order valence-electron chi connectivity index (χ2n) is 4.45. The van der Waals surface area contributed by atoms with Gasteiger partial charge in [0.05, 0.1) is 0 Å². The highest BCUT2D eigenvalue weighted by Crippen LogP contribution is 2.20. The van der Waals surface area contributed by atoms with Gasteiger partial charge in [-0.25, -0.2) is 9.97 Å². The minimum Gasteiger partial charge on any atom is -0.357 e. The molecular formula is C13H22N4. The highest BCUT2D eigenvalue weighted by Gasteiger charge is 2.13. The van der Waals surface area contributed by atoms with Crippen molar-refractivity contribution in [2.75, 3.05) is 36.0 Å². The third-order valence-corrected chi connectivity index (χ3v) is 3.41. The van der Waals surface area contributed by atoms with E-state index in [0.29, 0.717) is 0 Å². The van der Waals surface area contributed by atoms with E-state index in [1.807, 2.05) is 0 Å². The molecule has 2 rings (SSSR count). The first-order valence-electron chi connectivity index (χ1n) is 6.67. The van der Waals surface area contributed by atoms with Crippen molar-refractivity contribution in [2.24, 2.45) is 0 Å². The Kier molecular flexibility index (Phi) is 4.18. The van der Waals surface area contributed by atoms with Gasteiger partial charge in [0.25, 0.3) is 0 Å². The predicted octanol–water partition coefficient (Wildman–Crippen LogP) is 2.31. The van der Waals surface area contributed by atoms with E-state index in [0.717, 1.165) is 37.8 Å². The summed E-state index contributed by atoms with van der Waals surface area (Å²) in [5, 5.41) is 0. The molecule has 94 valence electrons. The van der Waals surface area contributed by atoms with Crippen LogP contribution in [-0.4, -0.2) is 36.1 Å². The SMILES string of the molecule is CCN(CC)c1cc(N2CCCCC2)ncn1. The molecule has 1 aliphatic rings. The fourth-order valence-corrected chi connectivity index (χ4v) is 2.35. The Labute approximate surface area is 104 Å². The maximum Gasteiger partial charge on any atom is 0.134 e. The molecule has 4 nitrogen and oxygen atoms in total. The second-order valence-corrected chi connectivity index (χ2v) is 4.45. The molecule has 1 fully saturated rings. The van der Waals surface area contributed by atoms with Gasteiger partial charge in [-0.3, -0.25) is 0 Å². The van der Waals surface area contributed by atoms with Crippen LogP contribution in [0.2, 0.25) is 0 Å². The van der Waals surface area contributed by atoms with E-state index in [-0.39, 0.29) is 0 Å². The second kappa shape index (κ2) is 5.84. The molecule has 0 spiro atoms. The maximum absolute atomic E-state index is 4.40. The molecule has 1 saturated heterocycles. The normalized spacial score (nSPS) is 16.0. The number of nitrogens with zero attached hydrogens (tertiary/aromatic N) is 4. The van der Waals surface area contributed by atoms with Crippen LogP contribution in [0.3, 0.4) is 0 Å². The molecule has 0 amide bonds. The summed E-state index contributed by atoms with van der Waals surface area (Å²) in [7, 11) is 0. The highest BCUT2D eigenvalue weighted by atomic mass is 15.2. The topological polar surface area (TPSA) is 32.3 Å². The third-order valence-electron chi connectivity index (χ3n) is 3.41. The Morgan fingerprint density at radius 2 is 1.82 bits per heavy atom. The lowest BCUT2D eigenvalue weighted by atomic mass is 10.1. The first-order valence-corrected chi connectivity index (χ1v) is 6.67. The molecule has 0 aliphatic carbocycles. The minimum atomic E-state index is 0.993. The maximum atomic E-state index is 4.40. The Hall–Kier alpha value is -1.32. The summed E-state index contributed by atoms with van der Waals surface area (Å²) in [5.74, 6) is 2.13. The summed E-state index contributed by atoms with van der Waals surface area (Å²) in [6, 6.07) is 2.12. The fraction of sp³-hybridized carbons (Fsp3) is 0.692. The average Bonchev–Trinajstić information content (AvgIpc) is 2.42. The molecule has 17 heavy (non-hydrogen) atoms. The molecule has 4 heteroatoms. The summed E-state index contributed by atoms with van der Waals surface area (Å²) in [6.45, 7) is 8.57. The Morgan fingerprint density at radius 1 is 1.12 bits per heavy atom. The first-order chi connectivity index (χ1) is 8.35. The van der Waals surface area contributed by atoms with Crippen molar-refractivity contribution in [2.45, 2.75) is 33.1 Å². The van der Waals surface area contributed by atoms with Crippen LogP contribution in [0.4, 0.5) is 11.6 Å². The van der Waals surface area contributed by atoms with Crippen molar-refractivity contribution in [1.82, 2.24) is 9.97 Å². The molecule has 2 heterocycles. The van der Waals surface area contributed by atoms with Crippen molar-refractivity contribution < 1.29 is 0 Å². The smallest absolute Gasteiger partial charge is 0.134 e. The number of piperidine rings is 1. The van der Waals surface area contributed by atoms with Crippen molar-refractivity contribution >= 4 is 11.6 Å². The van der Waals surface area contributed by atoms with Crippen molar-refractivity contribution in [3.05, 3.63) is 12.4 Å². The van der Waals surface area contributed by atoms with Crippen molar-refractivity contribution in [3.63, 3.8) is 0 Å². The van der Waals surface area contributed by atoms with Crippen LogP contribution >= 0.6 is 0 Å². The zero-order valence-corrected chi connectivity index (χ0v) is 10.9. The summed E-state index contributed by atoms with van der Waals surface area (Å²) in [6.07, 6.45) is 5.61. The summed E-state index contributed by atoms with van der Waals surface area (Å²) < 4.78 is 0. The molecule has 0 saturated carbocycles. The van der Waals surface area contributed by atoms with E-state index in [1.54, 1.807) is 6.33 Å². The number of rotatable bonds is 4. The molecule has 1 aromatic heterocycles. The lowest BCUT2D eigenvalue weighted by Gasteiger charge is -2.28. The molecule has 1 aliphatic heterocycles. The van der Waals surface area contributed by atoms with Gasteiger partial charge in [-0.2, -0.15) is 0 Å². The van der Waals surface area contributed by atoms with E-state index < -0.39 is 0 Å². The molecule has 0 bridgehead atoms. The van der Waals surface area contributed by atoms with Gasteiger partial charge in [-0.1, -0.05) is 0 Å². The van der Waals surface area contributed by atoms with E-state index in [9.17, 15) is 0 Å². The minimum absolute atomic E-state index is 0.993. The van der Waals surface area contributed by atoms with Crippen LogP contribution in [0.25, 0.3) is 0 Å². The van der Waals surface area contributed by atoms with Gasteiger partial charge >= 0.3 is 0 Å². The zero-order valence-electron chi connectivity index (χ0n) is 10.9. The molecule has 0 aromatic carbocycles. The fourth-order valence-electron chi connectivity index (χ4n) is 2.35. The molecule has 0 radical (unpaired) electrons. The van der Waals surface area contributed by atoms with Gasteiger partial charge in [-0.05, 0) is 33.1 Å².